The van der Waals surface area contributed by atoms with Crippen molar-refractivity contribution >= 4 is 0 Å². The molecule has 0 bridgehead atoms. The molecule has 0 aliphatic carbocycles. The van der Waals surface area contributed by atoms with Crippen LogP contribution in [0.15, 0.2) is 37.1 Å². The highest BCUT2D eigenvalue weighted by atomic mass is 16.5. The Hall–Kier alpha value is -1.95. The van der Waals surface area contributed by atoms with E-state index in [1.165, 1.54) is 6.26 Å². The van der Waals surface area contributed by atoms with Crippen molar-refractivity contribution in [2.75, 3.05) is 13.2 Å². The van der Waals surface area contributed by atoms with Crippen LogP contribution in [0.5, 0.6) is 5.75 Å². The summed E-state index contributed by atoms with van der Waals surface area (Å²) in [6.07, 6.45) is 3.33. The zero-order valence-electron chi connectivity index (χ0n) is 9.19. The fourth-order valence-electron chi connectivity index (χ4n) is 1.19. The summed E-state index contributed by atoms with van der Waals surface area (Å²) < 4.78 is 10.5. The minimum atomic E-state index is 0.645. The number of hydrogen-bond donors (Lipinski definition) is 0. The number of rotatable bonds is 7. The summed E-state index contributed by atoms with van der Waals surface area (Å²) in [4.78, 5) is 0. The van der Waals surface area contributed by atoms with Gasteiger partial charge in [-0.2, -0.15) is 5.26 Å². The van der Waals surface area contributed by atoms with Gasteiger partial charge in [0.2, 0.25) is 0 Å². The lowest BCUT2D eigenvalue weighted by atomic mass is 10.2. The zero-order valence-corrected chi connectivity index (χ0v) is 9.19. The number of unbranched alkanes of at least 4 members (excludes halogenated alkanes) is 1. The average molecular weight is 217 g/mol. The molecule has 3 heteroatoms. The van der Waals surface area contributed by atoms with Gasteiger partial charge in [-0.3, -0.25) is 0 Å². The van der Waals surface area contributed by atoms with Crippen LogP contribution in [0.1, 0.15) is 18.4 Å². The first-order valence-electron chi connectivity index (χ1n) is 5.22. The van der Waals surface area contributed by atoms with Crippen molar-refractivity contribution in [1.29, 1.82) is 5.26 Å². The van der Waals surface area contributed by atoms with Crippen molar-refractivity contribution in [3.05, 3.63) is 42.7 Å². The van der Waals surface area contributed by atoms with E-state index in [1.54, 1.807) is 24.3 Å². The van der Waals surface area contributed by atoms with E-state index < -0.39 is 0 Å². The van der Waals surface area contributed by atoms with Gasteiger partial charge in [-0.15, -0.1) is 0 Å². The summed E-state index contributed by atoms with van der Waals surface area (Å²) in [5.41, 5.74) is 0.645. The second kappa shape index (κ2) is 7.36. The molecule has 0 radical (unpaired) electrons. The van der Waals surface area contributed by atoms with Gasteiger partial charge in [0.15, 0.2) is 0 Å². The van der Waals surface area contributed by atoms with Crippen LogP contribution < -0.4 is 4.74 Å². The second-order valence-corrected chi connectivity index (χ2v) is 3.23. The van der Waals surface area contributed by atoms with Crippen molar-refractivity contribution in [2.24, 2.45) is 0 Å². The van der Waals surface area contributed by atoms with E-state index in [0.29, 0.717) is 18.8 Å². The van der Waals surface area contributed by atoms with Crippen molar-refractivity contribution in [3.63, 3.8) is 0 Å². The molecule has 0 saturated carbocycles. The summed E-state index contributed by atoms with van der Waals surface area (Å²) in [7, 11) is 0. The van der Waals surface area contributed by atoms with Gasteiger partial charge in [-0.1, -0.05) is 6.58 Å². The van der Waals surface area contributed by atoms with Gasteiger partial charge < -0.3 is 9.47 Å². The first-order valence-corrected chi connectivity index (χ1v) is 5.22. The summed E-state index contributed by atoms with van der Waals surface area (Å²) in [5, 5.41) is 8.61. The van der Waals surface area contributed by atoms with Gasteiger partial charge in [0.05, 0.1) is 31.1 Å². The lowest BCUT2D eigenvalue weighted by Gasteiger charge is -2.05. The Morgan fingerprint density at radius 2 is 1.88 bits per heavy atom. The highest BCUT2D eigenvalue weighted by Crippen LogP contribution is 2.11. The standard InChI is InChI=1S/C13H15NO2/c1-2-15-9-3-4-10-16-13-7-5-12(11-14)6-8-13/h2,5-8H,1,3-4,9-10H2. The number of nitrogens with zero attached hydrogens (tertiary/aromatic N) is 1. The highest BCUT2D eigenvalue weighted by molar-refractivity contribution is 5.34. The van der Waals surface area contributed by atoms with Crippen LogP contribution in [0.3, 0.4) is 0 Å². The third-order valence-electron chi connectivity index (χ3n) is 2.03. The highest BCUT2D eigenvalue weighted by Gasteiger charge is 1.94. The molecule has 0 amide bonds. The van der Waals surface area contributed by atoms with Gasteiger partial charge in [0.25, 0.3) is 0 Å². The molecule has 0 aliphatic heterocycles. The number of hydrogen-bond acceptors (Lipinski definition) is 3. The summed E-state index contributed by atoms with van der Waals surface area (Å²) in [6.45, 7) is 4.80. The van der Waals surface area contributed by atoms with Gasteiger partial charge in [0.1, 0.15) is 5.75 Å². The molecule has 1 aromatic carbocycles. The monoisotopic (exact) mass is 217 g/mol. The molecule has 0 unspecified atom stereocenters. The van der Waals surface area contributed by atoms with Crippen molar-refractivity contribution < 1.29 is 9.47 Å². The summed E-state index contributed by atoms with van der Waals surface area (Å²) in [6, 6.07) is 9.16. The molecule has 0 saturated heterocycles. The van der Waals surface area contributed by atoms with E-state index >= 15 is 0 Å². The lowest BCUT2D eigenvalue weighted by molar-refractivity contribution is 0.226. The third-order valence-corrected chi connectivity index (χ3v) is 2.03. The minimum absolute atomic E-state index is 0.645. The minimum Gasteiger partial charge on any atom is -0.502 e. The largest absolute Gasteiger partial charge is 0.502 e. The third kappa shape index (κ3) is 4.52. The molecule has 16 heavy (non-hydrogen) atoms. The van der Waals surface area contributed by atoms with Gasteiger partial charge >= 0.3 is 0 Å². The molecular formula is C13H15NO2. The van der Waals surface area contributed by atoms with Crippen molar-refractivity contribution in [2.45, 2.75) is 12.8 Å². The Morgan fingerprint density at radius 1 is 1.19 bits per heavy atom. The molecule has 0 spiro atoms. The van der Waals surface area contributed by atoms with E-state index in [0.717, 1.165) is 18.6 Å². The molecule has 3 nitrogen and oxygen atoms in total. The lowest BCUT2D eigenvalue weighted by Crippen LogP contribution is -1.99. The van der Waals surface area contributed by atoms with Crippen LogP contribution in [0.2, 0.25) is 0 Å². The van der Waals surface area contributed by atoms with Crippen molar-refractivity contribution in [3.8, 4) is 11.8 Å². The molecule has 84 valence electrons. The maximum absolute atomic E-state index is 8.61. The van der Waals surface area contributed by atoms with Crippen molar-refractivity contribution in [1.82, 2.24) is 0 Å². The van der Waals surface area contributed by atoms with Crippen LogP contribution in [0.4, 0.5) is 0 Å². The van der Waals surface area contributed by atoms with E-state index in [-0.39, 0.29) is 0 Å². The summed E-state index contributed by atoms with van der Waals surface area (Å²) >= 11 is 0. The molecule has 0 aliphatic rings. The van der Waals surface area contributed by atoms with E-state index in [2.05, 4.69) is 12.6 Å². The zero-order chi connectivity index (χ0) is 11.6. The SMILES string of the molecule is C=COCCCCOc1ccc(C#N)cc1. The molecular weight excluding hydrogens is 202 g/mol. The number of ether oxygens (including phenoxy) is 2. The average Bonchev–Trinajstić information content (AvgIpc) is 2.34. The quantitative estimate of drug-likeness (QED) is 0.521. The van der Waals surface area contributed by atoms with Crippen LogP contribution in [-0.2, 0) is 4.74 Å². The predicted octanol–water partition coefficient (Wildman–Crippen LogP) is 2.88. The normalized spacial score (nSPS) is 9.19. The Morgan fingerprint density at radius 3 is 2.50 bits per heavy atom. The van der Waals surface area contributed by atoms with Crippen LogP contribution >= 0.6 is 0 Å². The van der Waals surface area contributed by atoms with Gasteiger partial charge in [-0.05, 0) is 37.1 Å². The molecule has 0 heterocycles. The van der Waals surface area contributed by atoms with E-state index in [4.69, 9.17) is 14.7 Å². The second-order valence-electron chi connectivity index (χ2n) is 3.23. The molecule has 1 rings (SSSR count). The maximum atomic E-state index is 8.61. The number of benzene rings is 1. The maximum Gasteiger partial charge on any atom is 0.119 e. The van der Waals surface area contributed by atoms with Crippen LogP contribution in [-0.4, -0.2) is 13.2 Å². The molecule has 0 atom stereocenters. The predicted molar refractivity (Wildman–Crippen MR) is 62.0 cm³/mol. The first kappa shape index (κ1) is 12.1. The molecule has 0 aromatic heterocycles. The Balaban J connectivity index is 2.17. The fourth-order valence-corrected chi connectivity index (χ4v) is 1.19. The molecule has 1 aromatic rings. The number of nitriles is 1. The van der Waals surface area contributed by atoms with Crippen LogP contribution in [0, 0.1) is 11.3 Å². The Kier molecular flexibility index (Phi) is 5.57. The van der Waals surface area contributed by atoms with Gasteiger partial charge in [-0.25, -0.2) is 0 Å². The van der Waals surface area contributed by atoms with E-state index in [9.17, 15) is 0 Å². The topological polar surface area (TPSA) is 42.2 Å². The van der Waals surface area contributed by atoms with Gasteiger partial charge in [0, 0.05) is 0 Å². The molecule has 0 fully saturated rings. The summed E-state index contributed by atoms with van der Waals surface area (Å²) in [5.74, 6) is 0.795. The Labute approximate surface area is 95.9 Å². The Bertz CT molecular complexity index is 351. The fraction of sp³-hybridized carbons (Fsp3) is 0.308. The first-order chi connectivity index (χ1) is 7.86. The smallest absolute Gasteiger partial charge is 0.119 e. The van der Waals surface area contributed by atoms with E-state index in [1.807, 2.05) is 0 Å². The van der Waals surface area contributed by atoms with Crippen LogP contribution in [0.25, 0.3) is 0 Å². The molecule has 0 N–H and O–H groups in total.